The van der Waals surface area contributed by atoms with Gasteiger partial charge in [-0.25, -0.2) is 0 Å². The number of ether oxygens (including phenoxy) is 2. The van der Waals surface area contributed by atoms with Gasteiger partial charge in [0.15, 0.2) is 23.0 Å². The van der Waals surface area contributed by atoms with Gasteiger partial charge in [-0.3, -0.25) is 19.7 Å². The Bertz CT molecular complexity index is 1120. The van der Waals surface area contributed by atoms with Gasteiger partial charge in [0.1, 0.15) is 0 Å². The van der Waals surface area contributed by atoms with E-state index >= 15 is 0 Å². The number of non-ortho nitro benzene ring substituents is 1. The van der Waals surface area contributed by atoms with Crippen LogP contribution in [0.3, 0.4) is 0 Å². The SMILES string of the molecule is COc1ccc(CCN2C(=O)C(O)=C(C(=O)CC(C)C)C2c2ccc([N+](=O)[O-])cc2)cc1OC. The number of nitro groups is 1. The number of rotatable bonds is 10. The van der Waals surface area contributed by atoms with Gasteiger partial charge in [-0.15, -0.1) is 0 Å². The van der Waals surface area contributed by atoms with E-state index < -0.39 is 22.6 Å². The minimum absolute atomic E-state index is 0.0277. The Kier molecular flexibility index (Phi) is 7.55. The van der Waals surface area contributed by atoms with E-state index in [9.17, 15) is 24.8 Å². The van der Waals surface area contributed by atoms with Crippen molar-refractivity contribution in [2.24, 2.45) is 5.92 Å². The number of aliphatic hydroxyl groups is 1. The number of methoxy groups -OCH3 is 2. The smallest absolute Gasteiger partial charge is 0.290 e. The molecule has 1 aliphatic rings. The quantitative estimate of drug-likeness (QED) is 0.411. The fourth-order valence-electron chi connectivity index (χ4n) is 4.06. The number of amides is 1. The number of Topliss-reactive ketones (excluding diaryl/α,β-unsaturated/α-hetero) is 1. The highest BCUT2D eigenvalue weighted by molar-refractivity contribution is 6.09. The maximum Gasteiger partial charge on any atom is 0.290 e. The molecule has 2 aromatic rings. The molecule has 1 heterocycles. The average molecular weight is 469 g/mol. The molecule has 1 atom stereocenters. The van der Waals surface area contributed by atoms with Gasteiger partial charge < -0.3 is 19.5 Å². The lowest BCUT2D eigenvalue weighted by molar-refractivity contribution is -0.384. The Balaban J connectivity index is 1.95. The van der Waals surface area contributed by atoms with Crippen LogP contribution in [0, 0.1) is 16.0 Å². The van der Waals surface area contributed by atoms with Gasteiger partial charge in [0, 0.05) is 25.1 Å². The van der Waals surface area contributed by atoms with E-state index in [-0.39, 0.29) is 35.9 Å². The number of carbonyl (C=O) groups excluding carboxylic acids is 2. The fourth-order valence-corrected chi connectivity index (χ4v) is 4.06. The van der Waals surface area contributed by atoms with Crippen molar-refractivity contribution in [3.63, 3.8) is 0 Å². The molecule has 0 fully saturated rings. The molecule has 0 aromatic heterocycles. The highest BCUT2D eigenvalue weighted by Gasteiger charge is 2.43. The van der Waals surface area contributed by atoms with Gasteiger partial charge in [-0.05, 0) is 47.7 Å². The van der Waals surface area contributed by atoms with Gasteiger partial charge in [-0.2, -0.15) is 0 Å². The molecule has 0 bridgehead atoms. The van der Waals surface area contributed by atoms with Crippen molar-refractivity contribution < 1.29 is 29.1 Å². The number of nitrogens with zero attached hydrogens (tertiary/aromatic N) is 2. The third-order valence-electron chi connectivity index (χ3n) is 5.71. The van der Waals surface area contributed by atoms with Crippen LogP contribution in [-0.4, -0.2) is 47.4 Å². The maximum absolute atomic E-state index is 13.0. The van der Waals surface area contributed by atoms with Crippen molar-refractivity contribution >= 4 is 17.4 Å². The van der Waals surface area contributed by atoms with Crippen molar-refractivity contribution in [3.05, 3.63) is 75.0 Å². The Morgan fingerprint density at radius 3 is 2.32 bits per heavy atom. The second-order valence-electron chi connectivity index (χ2n) is 8.47. The first-order valence-electron chi connectivity index (χ1n) is 10.9. The molecule has 0 saturated carbocycles. The molecule has 1 aliphatic heterocycles. The third-order valence-corrected chi connectivity index (χ3v) is 5.71. The summed E-state index contributed by atoms with van der Waals surface area (Å²) in [5.41, 5.74) is 1.31. The molecule has 34 heavy (non-hydrogen) atoms. The van der Waals surface area contributed by atoms with Crippen LogP contribution >= 0.6 is 0 Å². The van der Waals surface area contributed by atoms with Crippen molar-refractivity contribution in [2.75, 3.05) is 20.8 Å². The summed E-state index contributed by atoms with van der Waals surface area (Å²) >= 11 is 0. The molecule has 1 N–H and O–H groups in total. The maximum atomic E-state index is 13.0. The molecular weight excluding hydrogens is 440 g/mol. The van der Waals surface area contributed by atoms with Gasteiger partial charge in [-0.1, -0.05) is 19.9 Å². The molecule has 2 aromatic carbocycles. The predicted molar refractivity (Wildman–Crippen MR) is 125 cm³/mol. The standard InChI is InChI=1S/C25H28N2O7/c1-15(2)13-19(28)22-23(17-6-8-18(9-7-17)27(31)32)26(25(30)24(22)29)12-11-16-5-10-20(33-3)21(14-16)34-4/h5-10,14-15,23,29H,11-13H2,1-4H3. The summed E-state index contributed by atoms with van der Waals surface area (Å²) in [6.45, 7) is 3.96. The van der Waals surface area contributed by atoms with Crippen LogP contribution in [0.4, 0.5) is 5.69 Å². The number of hydrogen-bond acceptors (Lipinski definition) is 7. The molecule has 0 radical (unpaired) electrons. The Labute approximate surface area is 197 Å². The number of nitro benzene ring substituents is 1. The van der Waals surface area contributed by atoms with Crippen LogP contribution in [0.1, 0.15) is 37.4 Å². The topological polar surface area (TPSA) is 119 Å². The highest BCUT2D eigenvalue weighted by atomic mass is 16.6. The van der Waals surface area contributed by atoms with Crippen molar-refractivity contribution in [1.29, 1.82) is 0 Å². The zero-order chi connectivity index (χ0) is 25.0. The molecule has 180 valence electrons. The summed E-state index contributed by atoms with van der Waals surface area (Å²) in [5.74, 6) is -0.377. The third kappa shape index (κ3) is 5.03. The van der Waals surface area contributed by atoms with Crippen LogP contribution in [0.5, 0.6) is 11.5 Å². The first-order valence-corrected chi connectivity index (χ1v) is 10.9. The largest absolute Gasteiger partial charge is 0.503 e. The number of aliphatic hydroxyl groups excluding tert-OH is 1. The Morgan fingerprint density at radius 1 is 1.12 bits per heavy atom. The molecule has 9 heteroatoms. The summed E-state index contributed by atoms with van der Waals surface area (Å²) in [5, 5.41) is 21.7. The molecular formula is C25H28N2O7. The van der Waals surface area contributed by atoms with E-state index in [1.165, 1.54) is 36.3 Å². The first-order chi connectivity index (χ1) is 16.2. The molecule has 1 unspecified atom stereocenters. The summed E-state index contributed by atoms with van der Waals surface area (Å²) < 4.78 is 10.6. The van der Waals surface area contributed by atoms with E-state index in [1.54, 1.807) is 19.2 Å². The lowest BCUT2D eigenvalue weighted by Crippen LogP contribution is -2.33. The van der Waals surface area contributed by atoms with Crippen LogP contribution < -0.4 is 9.47 Å². The second-order valence-corrected chi connectivity index (χ2v) is 8.47. The molecule has 0 saturated heterocycles. The zero-order valence-electron chi connectivity index (χ0n) is 19.6. The van der Waals surface area contributed by atoms with E-state index in [1.807, 2.05) is 19.9 Å². The number of ketones is 1. The summed E-state index contributed by atoms with van der Waals surface area (Å²) in [6, 6.07) is 10.3. The molecule has 0 spiro atoms. The summed E-state index contributed by atoms with van der Waals surface area (Å²) in [4.78, 5) is 38.0. The number of benzene rings is 2. The lowest BCUT2D eigenvalue weighted by atomic mass is 9.92. The van der Waals surface area contributed by atoms with Crippen molar-refractivity contribution in [2.45, 2.75) is 32.7 Å². The molecule has 0 aliphatic carbocycles. The van der Waals surface area contributed by atoms with Gasteiger partial charge >= 0.3 is 0 Å². The minimum atomic E-state index is -0.834. The summed E-state index contributed by atoms with van der Waals surface area (Å²) in [6.07, 6.45) is 0.591. The van der Waals surface area contributed by atoms with Crippen LogP contribution in [-0.2, 0) is 16.0 Å². The normalized spacial score (nSPS) is 15.7. The van der Waals surface area contributed by atoms with Crippen LogP contribution in [0.15, 0.2) is 53.8 Å². The van der Waals surface area contributed by atoms with Gasteiger partial charge in [0.2, 0.25) is 0 Å². The Morgan fingerprint density at radius 2 is 1.76 bits per heavy atom. The lowest BCUT2D eigenvalue weighted by Gasteiger charge is -2.27. The van der Waals surface area contributed by atoms with Crippen molar-refractivity contribution in [1.82, 2.24) is 4.90 Å². The highest BCUT2D eigenvalue weighted by Crippen LogP contribution is 2.39. The molecule has 9 nitrogen and oxygen atoms in total. The average Bonchev–Trinajstić information content (AvgIpc) is 3.07. The number of carbonyl (C=O) groups is 2. The van der Waals surface area contributed by atoms with Gasteiger partial charge in [0.25, 0.3) is 11.6 Å². The summed E-state index contributed by atoms with van der Waals surface area (Å²) in [7, 11) is 3.07. The number of hydrogen-bond donors (Lipinski definition) is 1. The van der Waals surface area contributed by atoms with E-state index in [0.29, 0.717) is 23.5 Å². The fraction of sp³-hybridized carbons (Fsp3) is 0.360. The predicted octanol–water partition coefficient (Wildman–Crippen LogP) is 4.17. The minimum Gasteiger partial charge on any atom is -0.503 e. The first kappa shape index (κ1) is 24.8. The van der Waals surface area contributed by atoms with Gasteiger partial charge in [0.05, 0.1) is 30.8 Å². The van der Waals surface area contributed by atoms with E-state index in [2.05, 4.69) is 0 Å². The van der Waals surface area contributed by atoms with E-state index in [4.69, 9.17) is 9.47 Å². The monoisotopic (exact) mass is 468 g/mol. The van der Waals surface area contributed by atoms with Crippen LogP contribution in [0.2, 0.25) is 0 Å². The van der Waals surface area contributed by atoms with Crippen molar-refractivity contribution in [3.8, 4) is 11.5 Å². The van der Waals surface area contributed by atoms with Crippen LogP contribution in [0.25, 0.3) is 0 Å². The van der Waals surface area contributed by atoms with E-state index in [0.717, 1.165) is 5.56 Å². The second kappa shape index (κ2) is 10.4. The molecule has 3 rings (SSSR count). The molecule has 1 amide bonds. The Hall–Kier alpha value is -3.88. The zero-order valence-corrected chi connectivity index (χ0v) is 19.6.